The first-order valence-corrected chi connectivity index (χ1v) is 9.17. The third-order valence-electron chi connectivity index (χ3n) is 4.19. The molecular formula is C20H13F4NOS. The molecule has 27 heavy (non-hydrogen) atoms. The average Bonchev–Trinajstić information content (AvgIpc) is 3.10. The number of nitrogens with zero attached hydrogens (tertiary/aromatic N) is 1. The molecule has 4 rings (SSSR count). The molecule has 7 heteroatoms. The second-order valence-corrected chi connectivity index (χ2v) is 7.09. The molecule has 0 amide bonds. The fraction of sp³-hybridized carbons (Fsp3) is 0.150. The van der Waals surface area contributed by atoms with Crippen LogP contribution in [-0.2, 0) is 6.42 Å². The van der Waals surface area contributed by atoms with Crippen LogP contribution in [0.25, 0.3) is 23.1 Å². The highest BCUT2D eigenvalue weighted by Gasteiger charge is 2.31. The molecule has 138 valence electrons. The molecule has 0 unspecified atom stereocenters. The zero-order chi connectivity index (χ0) is 19.0. The van der Waals surface area contributed by atoms with E-state index in [0.29, 0.717) is 22.2 Å². The second-order valence-electron chi connectivity index (χ2n) is 5.98. The van der Waals surface area contributed by atoms with Gasteiger partial charge in [0.05, 0.1) is 11.2 Å². The van der Waals surface area contributed by atoms with Crippen LogP contribution in [0.5, 0.6) is 5.75 Å². The van der Waals surface area contributed by atoms with E-state index in [0.717, 1.165) is 22.6 Å². The van der Waals surface area contributed by atoms with Gasteiger partial charge in [0, 0.05) is 21.6 Å². The van der Waals surface area contributed by atoms with Crippen LogP contribution in [0.15, 0.2) is 47.4 Å². The Labute approximate surface area is 156 Å². The van der Waals surface area contributed by atoms with Crippen LogP contribution in [0, 0.1) is 5.82 Å². The predicted octanol–water partition coefficient (Wildman–Crippen LogP) is 6.09. The van der Waals surface area contributed by atoms with Gasteiger partial charge < -0.3 is 4.74 Å². The SMILES string of the molecule is Fc1ccccc1/C=C/c1nc2ccc(OC(F)(F)F)cc2c2c1CCS2. The van der Waals surface area contributed by atoms with Crippen LogP contribution in [0.1, 0.15) is 16.8 Å². The lowest BCUT2D eigenvalue weighted by Gasteiger charge is -2.12. The molecule has 0 spiro atoms. The second kappa shape index (κ2) is 6.88. The maximum absolute atomic E-state index is 13.8. The average molecular weight is 391 g/mol. The Morgan fingerprint density at radius 1 is 1.07 bits per heavy atom. The summed E-state index contributed by atoms with van der Waals surface area (Å²) in [6.45, 7) is 0. The number of fused-ring (bicyclic) bond motifs is 3. The molecule has 0 saturated carbocycles. The number of hydrogen-bond acceptors (Lipinski definition) is 3. The Kier molecular flexibility index (Phi) is 4.55. The fourth-order valence-corrected chi connectivity index (χ4v) is 4.26. The number of halogens is 4. The zero-order valence-electron chi connectivity index (χ0n) is 13.9. The molecule has 0 radical (unpaired) electrons. The minimum Gasteiger partial charge on any atom is -0.406 e. The maximum Gasteiger partial charge on any atom is 0.573 e. The third kappa shape index (κ3) is 3.78. The van der Waals surface area contributed by atoms with Crippen LogP contribution >= 0.6 is 11.8 Å². The molecule has 2 heterocycles. The van der Waals surface area contributed by atoms with Crippen molar-refractivity contribution >= 4 is 34.8 Å². The number of pyridine rings is 1. The van der Waals surface area contributed by atoms with E-state index in [-0.39, 0.29) is 11.6 Å². The van der Waals surface area contributed by atoms with Crippen molar-refractivity contribution < 1.29 is 22.3 Å². The van der Waals surface area contributed by atoms with E-state index in [1.165, 1.54) is 24.3 Å². The minimum absolute atomic E-state index is 0.263. The van der Waals surface area contributed by atoms with E-state index < -0.39 is 6.36 Å². The molecule has 0 N–H and O–H groups in total. The highest BCUT2D eigenvalue weighted by Crippen LogP contribution is 2.40. The predicted molar refractivity (Wildman–Crippen MR) is 98.2 cm³/mol. The summed E-state index contributed by atoms with van der Waals surface area (Å²) >= 11 is 1.58. The van der Waals surface area contributed by atoms with Crippen molar-refractivity contribution in [2.75, 3.05) is 5.75 Å². The number of aromatic nitrogens is 1. The third-order valence-corrected chi connectivity index (χ3v) is 5.36. The maximum atomic E-state index is 13.8. The van der Waals surface area contributed by atoms with E-state index >= 15 is 0 Å². The lowest BCUT2D eigenvalue weighted by molar-refractivity contribution is -0.274. The van der Waals surface area contributed by atoms with Crippen LogP contribution in [0.3, 0.4) is 0 Å². The van der Waals surface area contributed by atoms with Gasteiger partial charge in [-0.15, -0.1) is 24.9 Å². The minimum atomic E-state index is -4.74. The zero-order valence-corrected chi connectivity index (χ0v) is 14.7. The molecule has 1 aromatic heterocycles. The normalized spacial score (nSPS) is 14.1. The summed E-state index contributed by atoms with van der Waals surface area (Å²) in [5.41, 5.74) is 2.69. The van der Waals surface area contributed by atoms with Crippen molar-refractivity contribution in [2.45, 2.75) is 17.7 Å². The van der Waals surface area contributed by atoms with Gasteiger partial charge in [-0.1, -0.05) is 18.2 Å². The van der Waals surface area contributed by atoms with Crippen molar-refractivity contribution in [3.05, 3.63) is 65.1 Å². The van der Waals surface area contributed by atoms with Crippen LogP contribution in [-0.4, -0.2) is 17.1 Å². The summed E-state index contributed by atoms with van der Waals surface area (Å²) in [7, 11) is 0. The van der Waals surface area contributed by atoms with Crippen molar-refractivity contribution in [1.29, 1.82) is 0 Å². The van der Waals surface area contributed by atoms with E-state index in [1.807, 2.05) is 0 Å². The van der Waals surface area contributed by atoms with Gasteiger partial charge in [-0.05, 0) is 48.4 Å². The molecule has 0 saturated heterocycles. The van der Waals surface area contributed by atoms with Gasteiger partial charge in [0.25, 0.3) is 0 Å². The number of ether oxygens (including phenoxy) is 1. The molecule has 3 aromatic rings. The van der Waals surface area contributed by atoms with Gasteiger partial charge >= 0.3 is 6.36 Å². The molecule has 0 bridgehead atoms. The smallest absolute Gasteiger partial charge is 0.406 e. The highest BCUT2D eigenvalue weighted by atomic mass is 32.2. The molecule has 1 aliphatic rings. The van der Waals surface area contributed by atoms with Gasteiger partial charge in [0.1, 0.15) is 11.6 Å². The van der Waals surface area contributed by atoms with Crippen LogP contribution in [0.4, 0.5) is 17.6 Å². The number of thioether (sulfide) groups is 1. The number of benzene rings is 2. The summed E-state index contributed by atoms with van der Waals surface area (Å²) in [6, 6.07) is 10.6. The molecule has 2 aromatic carbocycles. The standard InChI is InChI=1S/C20H13F4NOS/c21-16-4-2-1-3-12(16)5-7-17-14-9-10-27-19(14)15-11-13(26-20(22,23)24)6-8-18(15)25-17/h1-8,11H,9-10H2/b7-5+. The first kappa shape index (κ1) is 17.9. The molecule has 0 aliphatic carbocycles. The van der Waals surface area contributed by atoms with Gasteiger partial charge in [-0.25, -0.2) is 9.37 Å². The number of hydrogen-bond donors (Lipinski definition) is 0. The molecule has 2 nitrogen and oxygen atoms in total. The monoisotopic (exact) mass is 391 g/mol. The largest absolute Gasteiger partial charge is 0.573 e. The van der Waals surface area contributed by atoms with E-state index in [2.05, 4.69) is 9.72 Å². The molecular weight excluding hydrogens is 378 g/mol. The fourth-order valence-electron chi connectivity index (χ4n) is 3.05. The Bertz CT molecular complexity index is 1050. The molecule has 1 aliphatic heterocycles. The number of alkyl halides is 3. The topological polar surface area (TPSA) is 22.1 Å². The summed E-state index contributed by atoms with van der Waals surface area (Å²) in [5.74, 6) is 0.233. The van der Waals surface area contributed by atoms with E-state index in [9.17, 15) is 17.6 Å². The first-order chi connectivity index (χ1) is 12.9. The lowest BCUT2D eigenvalue weighted by Crippen LogP contribution is -2.17. The van der Waals surface area contributed by atoms with E-state index in [1.54, 1.807) is 42.1 Å². The quantitative estimate of drug-likeness (QED) is 0.505. The Morgan fingerprint density at radius 2 is 1.89 bits per heavy atom. The van der Waals surface area contributed by atoms with Crippen molar-refractivity contribution in [2.24, 2.45) is 0 Å². The Morgan fingerprint density at radius 3 is 2.67 bits per heavy atom. The van der Waals surface area contributed by atoms with Crippen LogP contribution < -0.4 is 4.74 Å². The molecule has 0 atom stereocenters. The summed E-state index contributed by atoms with van der Waals surface area (Å²) in [6.07, 6.45) is -0.569. The molecule has 0 fully saturated rings. The number of rotatable bonds is 3. The summed E-state index contributed by atoms with van der Waals surface area (Å²) in [4.78, 5) is 5.47. The van der Waals surface area contributed by atoms with Gasteiger partial charge in [-0.2, -0.15) is 0 Å². The van der Waals surface area contributed by atoms with Gasteiger partial charge in [-0.3, -0.25) is 0 Å². The van der Waals surface area contributed by atoms with Crippen molar-refractivity contribution in [1.82, 2.24) is 4.98 Å². The summed E-state index contributed by atoms with van der Waals surface area (Å²) in [5, 5.41) is 0.636. The Hall–Kier alpha value is -2.54. The lowest BCUT2D eigenvalue weighted by atomic mass is 10.1. The van der Waals surface area contributed by atoms with Gasteiger partial charge in [0.15, 0.2) is 0 Å². The van der Waals surface area contributed by atoms with Crippen molar-refractivity contribution in [3.63, 3.8) is 0 Å². The Balaban J connectivity index is 1.77. The highest BCUT2D eigenvalue weighted by molar-refractivity contribution is 7.99. The summed E-state index contributed by atoms with van der Waals surface area (Å²) < 4.78 is 55.3. The van der Waals surface area contributed by atoms with Crippen LogP contribution in [0.2, 0.25) is 0 Å². The van der Waals surface area contributed by atoms with E-state index in [4.69, 9.17) is 0 Å². The van der Waals surface area contributed by atoms with Crippen molar-refractivity contribution in [3.8, 4) is 5.75 Å². The van der Waals surface area contributed by atoms with Gasteiger partial charge in [0.2, 0.25) is 0 Å². The first-order valence-electron chi connectivity index (χ1n) is 8.18.